The topological polar surface area (TPSA) is 82.2 Å². The molecule has 24 heavy (non-hydrogen) atoms. The smallest absolute Gasteiger partial charge is 0.277 e. The van der Waals surface area contributed by atoms with E-state index in [0.717, 1.165) is 5.56 Å². The first-order valence-electron chi connectivity index (χ1n) is 6.93. The number of aromatic nitrogens is 2. The fraction of sp³-hybridized carbons (Fsp3) is 0.333. The molecule has 0 spiro atoms. The highest BCUT2D eigenvalue weighted by Crippen LogP contribution is 2.23. The summed E-state index contributed by atoms with van der Waals surface area (Å²) >= 11 is 0. The molecule has 2 aromatic rings. The van der Waals surface area contributed by atoms with Crippen molar-refractivity contribution < 1.29 is 18.3 Å². The van der Waals surface area contributed by atoms with Gasteiger partial charge in [-0.25, -0.2) is 13.5 Å². The van der Waals surface area contributed by atoms with E-state index in [2.05, 4.69) is 10.4 Å². The van der Waals surface area contributed by atoms with Crippen LogP contribution in [0.15, 0.2) is 30.5 Å². The molecule has 3 N–H and O–H groups in total. The van der Waals surface area contributed by atoms with Crippen molar-refractivity contribution in [2.24, 2.45) is 5.73 Å². The van der Waals surface area contributed by atoms with Crippen LogP contribution in [0.2, 0.25) is 0 Å². The Balaban J connectivity index is 0.00000288. The monoisotopic (exact) mass is 360 g/mol. The van der Waals surface area contributed by atoms with Gasteiger partial charge in [-0.15, -0.1) is 12.4 Å². The standard InChI is InChI=1S/C15H18F2N4O2.ClH/c1-10-3-4-13(23-2)12(7-10)21-6-5-11(20-21)14(22)19-9-15(16,17)8-18;/h3-7H,8-9,18H2,1-2H3,(H,19,22);1H. The van der Waals surface area contributed by atoms with Crippen molar-refractivity contribution >= 4 is 18.3 Å². The van der Waals surface area contributed by atoms with E-state index in [1.807, 2.05) is 19.1 Å². The average molecular weight is 361 g/mol. The normalized spacial score (nSPS) is 10.9. The molecule has 1 heterocycles. The van der Waals surface area contributed by atoms with Gasteiger partial charge in [-0.3, -0.25) is 4.79 Å². The van der Waals surface area contributed by atoms with E-state index in [4.69, 9.17) is 10.5 Å². The predicted molar refractivity (Wildman–Crippen MR) is 88.4 cm³/mol. The number of benzene rings is 1. The fourth-order valence-corrected chi connectivity index (χ4v) is 1.93. The van der Waals surface area contributed by atoms with Crippen LogP contribution in [0.5, 0.6) is 5.75 Å². The van der Waals surface area contributed by atoms with Gasteiger partial charge in [0.1, 0.15) is 11.4 Å². The third-order valence-corrected chi connectivity index (χ3v) is 3.21. The largest absolute Gasteiger partial charge is 0.494 e. The van der Waals surface area contributed by atoms with Crippen LogP contribution < -0.4 is 15.8 Å². The van der Waals surface area contributed by atoms with Gasteiger partial charge in [-0.2, -0.15) is 5.10 Å². The van der Waals surface area contributed by atoms with Crippen LogP contribution in [0.4, 0.5) is 8.78 Å². The van der Waals surface area contributed by atoms with Crippen LogP contribution in [0.25, 0.3) is 5.69 Å². The second kappa shape index (κ2) is 8.07. The molecule has 0 aliphatic rings. The van der Waals surface area contributed by atoms with Crippen LogP contribution in [-0.2, 0) is 0 Å². The van der Waals surface area contributed by atoms with Gasteiger partial charge in [-0.05, 0) is 30.7 Å². The Morgan fingerprint density at radius 1 is 1.42 bits per heavy atom. The van der Waals surface area contributed by atoms with Crippen LogP contribution in [0, 0.1) is 6.92 Å². The number of hydrogen-bond donors (Lipinski definition) is 2. The van der Waals surface area contributed by atoms with E-state index in [0.29, 0.717) is 11.4 Å². The molecule has 1 amide bonds. The summed E-state index contributed by atoms with van der Waals surface area (Å²) in [4.78, 5) is 11.9. The Kier molecular flexibility index (Phi) is 6.68. The minimum atomic E-state index is -3.14. The lowest BCUT2D eigenvalue weighted by atomic mass is 10.2. The Morgan fingerprint density at radius 2 is 2.12 bits per heavy atom. The summed E-state index contributed by atoms with van der Waals surface area (Å²) in [5.41, 5.74) is 6.59. The van der Waals surface area contributed by atoms with Gasteiger partial charge < -0.3 is 15.8 Å². The summed E-state index contributed by atoms with van der Waals surface area (Å²) in [5.74, 6) is -3.25. The molecule has 6 nitrogen and oxygen atoms in total. The molecule has 0 atom stereocenters. The Labute approximate surface area is 144 Å². The van der Waals surface area contributed by atoms with Crippen molar-refractivity contribution in [3.8, 4) is 11.4 Å². The minimum absolute atomic E-state index is 0. The van der Waals surface area contributed by atoms with Gasteiger partial charge in [0.15, 0.2) is 5.69 Å². The first kappa shape index (κ1) is 19.9. The van der Waals surface area contributed by atoms with Gasteiger partial charge in [-0.1, -0.05) is 6.07 Å². The molecule has 0 aliphatic carbocycles. The van der Waals surface area contributed by atoms with Gasteiger partial charge in [0.25, 0.3) is 11.8 Å². The number of ether oxygens (including phenoxy) is 1. The van der Waals surface area contributed by atoms with Crippen LogP contribution in [-0.4, -0.2) is 41.8 Å². The lowest BCUT2D eigenvalue weighted by Crippen LogP contribution is -2.41. The number of aryl methyl sites for hydroxylation is 1. The SMILES string of the molecule is COc1ccc(C)cc1-n1ccc(C(=O)NCC(F)(F)CN)n1.Cl. The zero-order valence-corrected chi connectivity index (χ0v) is 14.1. The zero-order chi connectivity index (χ0) is 17.0. The van der Waals surface area contributed by atoms with Crippen molar-refractivity contribution in [2.45, 2.75) is 12.8 Å². The maximum absolute atomic E-state index is 13.1. The Hall–Kier alpha value is -2.19. The number of carbonyl (C=O) groups is 1. The van der Waals surface area contributed by atoms with E-state index in [-0.39, 0.29) is 18.1 Å². The summed E-state index contributed by atoms with van der Waals surface area (Å²) in [6.45, 7) is 0.250. The van der Waals surface area contributed by atoms with Crippen molar-refractivity contribution in [3.05, 3.63) is 41.7 Å². The molecule has 9 heteroatoms. The van der Waals surface area contributed by atoms with E-state index in [1.54, 1.807) is 12.3 Å². The lowest BCUT2D eigenvalue weighted by Gasteiger charge is -2.13. The maximum Gasteiger partial charge on any atom is 0.277 e. The zero-order valence-electron chi connectivity index (χ0n) is 13.3. The first-order chi connectivity index (χ1) is 10.9. The molecule has 0 saturated heterocycles. The average Bonchev–Trinajstić information content (AvgIpc) is 3.02. The number of hydrogen-bond acceptors (Lipinski definition) is 4. The number of alkyl halides is 2. The molecule has 0 aliphatic heterocycles. The van der Waals surface area contributed by atoms with Crippen molar-refractivity contribution in [1.29, 1.82) is 0 Å². The van der Waals surface area contributed by atoms with Crippen molar-refractivity contribution in [3.63, 3.8) is 0 Å². The van der Waals surface area contributed by atoms with Crippen molar-refractivity contribution in [1.82, 2.24) is 15.1 Å². The number of nitrogens with zero attached hydrogens (tertiary/aromatic N) is 2. The van der Waals surface area contributed by atoms with E-state index < -0.39 is 24.9 Å². The summed E-state index contributed by atoms with van der Waals surface area (Å²) < 4.78 is 32.8. The van der Waals surface area contributed by atoms with Gasteiger partial charge in [0, 0.05) is 6.20 Å². The molecule has 0 fully saturated rings. The maximum atomic E-state index is 13.1. The highest BCUT2D eigenvalue weighted by atomic mass is 35.5. The molecule has 132 valence electrons. The number of nitrogens with one attached hydrogen (secondary N) is 1. The number of amides is 1. The molecule has 1 aromatic heterocycles. The minimum Gasteiger partial charge on any atom is -0.494 e. The van der Waals surface area contributed by atoms with Crippen LogP contribution >= 0.6 is 12.4 Å². The third-order valence-electron chi connectivity index (χ3n) is 3.21. The molecule has 1 aromatic carbocycles. The first-order valence-corrected chi connectivity index (χ1v) is 6.93. The summed E-state index contributed by atoms with van der Waals surface area (Å²) in [7, 11) is 1.53. The lowest BCUT2D eigenvalue weighted by molar-refractivity contribution is 0.0118. The van der Waals surface area contributed by atoms with E-state index in [1.165, 1.54) is 17.9 Å². The van der Waals surface area contributed by atoms with Crippen molar-refractivity contribution in [2.75, 3.05) is 20.2 Å². The molecule has 2 rings (SSSR count). The summed E-state index contributed by atoms with van der Waals surface area (Å²) in [6, 6.07) is 6.95. The highest BCUT2D eigenvalue weighted by molar-refractivity contribution is 5.92. The van der Waals surface area contributed by atoms with Gasteiger partial charge >= 0.3 is 0 Å². The highest BCUT2D eigenvalue weighted by Gasteiger charge is 2.27. The van der Waals surface area contributed by atoms with Crippen LogP contribution in [0.1, 0.15) is 16.1 Å². The summed E-state index contributed by atoms with van der Waals surface area (Å²) in [5, 5.41) is 6.22. The quantitative estimate of drug-likeness (QED) is 0.824. The number of carbonyl (C=O) groups excluding carboxylic acids is 1. The van der Waals surface area contributed by atoms with Gasteiger partial charge in [0.05, 0.1) is 20.2 Å². The molecule has 0 saturated carbocycles. The number of halogens is 3. The number of nitrogens with two attached hydrogens (primary N) is 1. The molecule has 0 bridgehead atoms. The molecular weight excluding hydrogens is 342 g/mol. The molecule has 0 radical (unpaired) electrons. The second-order valence-corrected chi connectivity index (χ2v) is 5.06. The van der Waals surface area contributed by atoms with Crippen LogP contribution in [0.3, 0.4) is 0 Å². The summed E-state index contributed by atoms with van der Waals surface area (Å²) in [6.07, 6.45) is 1.56. The number of methoxy groups -OCH3 is 1. The van der Waals surface area contributed by atoms with E-state index in [9.17, 15) is 13.6 Å². The Morgan fingerprint density at radius 3 is 2.75 bits per heavy atom. The van der Waals surface area contributed by atoms with E-state index >= 15 is 0 Å². The molecular formula is C15H19ClF2N4O2. The Bertz CT molecular complexity index is 707. The third kappa shape index (κ3) is 4.65. The fourth-order valence-electron chi connectivity index (χ4n) is 1.93. The predicted octanol–water partition coefficient (Wildman–Crippen LogP) is 1.93. The molecule has 0 unspecified atom stereocenters. The number of rotatable bonds is 6. The second-order valence-electron chi connectivity index (χ2n) is 5.06. The van der Waals surface area contributed by atoms with Gasteiger partial charge in [0.2, 0.25) is 0 Å².